The van der Waals surface area contributed by atoms with Crippen LogP contribution in [-0.2, 0) is 14.8 Å². The summed E-state index contributed by atoms with van der Waals surface area (Å²) in [5.41, 5.74) is 0.941. The van der Waals surface area contributed by atoms with Crippen LogP contribution in [0.5, 0.6) is 5.75 Å². The van der Waals surface area contributed by atoms with Crippen molar-refractivity contribution >= 4 is 33.2 Å². The van der Waals surface area contributed by atoms with Gasteiger partial charge < -0.3 is 10.1 Å². The van der Waals surface area contributed by atoms with Crippen molar-refractivity contribution in [3.8, 4) is 5.75 Å². The molecule has 1 atom stereocenters. The Hall–Kier alpha value is -2.32. The van der Waals surface area contributed by atoms with Gasteiger partial charge in [-0.05, 0) is 42.8 Å². The van der Waals surface area contributed by atoms with Crippen LogP contribution in [0.3, 0.4) is 0 Å². The zero-order valence-electron chi connectivity index (χ0n) is 15.1. The van der Waals surface area contributed by atoms with E-state index in [0.29, 0.717) is 5.75 Å². The summed E-state index contributed by atoms with van der Waals surface area (Å²) in [6.07, 6.45) is 0.963. The molecule has 2 rings (SSSR count). The van der Waals surface area contributed by atoms with E-state index in [-0.39, 0.29) is 16.8 Å². The van der Waals surface area contributed by atoms with Crippen molar-refractivity contribution in [2.75, 3.05) is 24.2 Å². The molecule has 27 heavy (non-hydrogen) atoms. The molecule has 1 amide bonds. The zero-order chi connectivity index (χ0) is 20.2. The first-order chi connectivity index (χ1) is 12.6. The number of sulfonamides is 1. The number of halogens is 2. The summed E-state index contributed by atoms with van der Waals surface area (Å²) in [5.74, 6) is -0.496. The summed E-state index contributed by atoms with van der Waals surface area (Å²) < 4.78 is 43.5. The van der Waals surface area contributed by atoms with Gasteiger partial charge in [0.25, 0.3) is 0 Å². The summed E-state index contributed by atoms with van der Waals surface area (Å²) >= 11 is 5.73. The van der Waals surface area contributed by atoms with Gasteiger partial charge in [-0.25, -0.2) is 12.8 Å². The fraction of sp³-hybridized carbons (Fsp3) is 0.278. The van der Waals surface area contributed by atoms with Gasteiger partial charge in [0.15, 0.2) is 0 Å². The fourth-order valence-corrected chi connectivity index (χ4v) is 3.46. The van der Waals surface area contributed by atoms with Gasteiger partial charge in [0, 0.05) is 0 Å². The number of carbonyl (C=O) groups excluding carboxylic acids is 1. The lowest BCUT2D eigenvalue weighted by Crippen LogP contribution is -2.41. The van der Waals surface area contributed by atoms with E-state index in [2.05, 4.69) is 5.32 Å². The Morgan fingerprint density at radius 1 is 1.26 bits per heavy atom. The minimum Gasteiger partial charge on any atom is -0.497 e. The second-order valence-electron chi connectivity index (χ2n) is 5.93. The summed E-state index contributed by atoms with van der Waals surface area (Å²) in [6, 6.07) is 10.3. The first kappa shape index (κ1) is 21.0. The number of carbonyl (C=O) groups is 1. The molecular weight excluding hydrogens is 395 g/mol. The summed E-state index contributed by atoms with van der Waals surface area (Å²) in [5, 5.41) is 2.51. The lowest BCUT2D eigenvalue weighted by molar-refractivity contribution is -0.120. The minimum atomic E-state index is -3.78. The molecule has 0 bridgehead atoms. The molecule has 6 nitrogen and oxygen atoms in total. The van der Waals surface area contributed by atoms with Crippen LogP contribution in [0, 0.1) is 5.82 Å². The lowest BCUT2D eigenvalue weighted by Gasteiger charge is -2.23. The topological polar surface area (TPSA) is 75.7 Å². The van der Waals surface area contributed by atoms with Gasteiger partial charge in [-0.15, -0.1) is 0 Å². The highest BCUT2D eigenvalue weighted by atomic mass is 35.5. The molecule has 1 unspecified atom stereocenters. The first-order valence-electron chi connectivity index (χ1n) is 7.98. The van der Waals surface area contributed by atoms with E-state index in [9.17, 15) is 17.6 Å². The van der Waals surface area contributed by atoms with E-state index in [1.165, 1.54) is 6.07 Å². The Labute approximate surface area is 162 Å². The number of nitrogens with zero attached hydrogens (tertiary/aromatic N) is 1. The lowest BCUT2D eigenvalue weighted by atomic mass is 10.1. The highest BCUT2D eigenvalue weighted by Gasteiger charge is 2.22. The van der Waals surface area contributed by atoms with Crippen molar-refractivity contribution in [3.63, 3.8) is 0 Å². The second kappa shape index (κ2) is 8.58. The van der Waals surface area contributed by atoms with Crippen molar-refractivity contribution in [3.05, 3.63) is 58.9 Å². The maximum Gasteiger partial charge on any atom is 0.241 e. The Bertz CT molecular complexity index is 919. The van der Waals surface area contributed by atoms with Crippen LogP contribution in [0.1, 0.15) is 18.5 Å². The molecule has 0 aliphatic carbocycles. The van der Waals surface area contributed by atoms with Gasteiger partial charge in [-0.3, -0.25) is 9.10 Å². The largest absolute Gasteiger partial charge is 0.497 e. The third-order valence-electron chi connectivity index (χ3n) is 3.87. The quantitative estimate of drug-likeness (QED) is 0.755. The van der Waals surface area contributed by atoms with Crippen LogP contribution in [-0.4, -0.2) is 34.2 Å². The number of rotatable bonds is 7. The van der Waals surface area contributed by atoms with E-state index in [1.807, 2.05) is 0 Å². The molecule has 0 heterocycles. The molecule has 0 radical (unpaired) electrons. The van der Waals surface area contributed by atoms with E-state index in [4.69, 9.17) is 16.3 Å². The molecule has 2 aromatic rings. The normalized spacial score (nSPS) is 12.3. The third-order valence-corrected chi connectivity index (χ3v) is 5.30. The molecule has 1 N–H and O–H groups in total. The van der Waals surface area contributed by atoms with Crippen LogP contribution in [0.4, 0.5) is 10.1 Å². The number of nitrogens with one attached hydrogen (secondary N) is 1. The average molecular weight is 415 g/mol. The van der Waals surface area contributed by atoms with Crippen LogP contribution < -0.4 is 14.4 Å². The molecule has 0 spiro atoms. The molecule has 0 saturated carbocycles. The average Bonchev–Trinajstić information content (AvgIpc) is 2.61. The maximum atomic E-state index is 13.3. The van der Waals surface area contributed by atoms with Crippen molar-refractivity contribution in [2.24, 2.45) is 0 Å². The smallest absolute Gasteiger partial charge is 0.241 e. The van der Waals surface area contributed by atoms with E-state index >= 15 is 0 Å². The minimum absolute atomic E-state index is 0.108. The van der Waals surface area contributed by atoms with Gasteiger partial charge in [0.1, 0.15) is 18.1 Å². The van der Waals surface area contributed by atoms with E-state index in [0.717, 1.165) is 28.3 Å². The monoisotopic (exact) mass is 414 g/mol. The highest BCUT2D eigenvalue weighted by molar-refractivity contribution is 7.92. The number of ether oxygens (including phenoxy) is 1. The van der Waals surface area contributed by atoms with Crippen molar-refractivity contribution in [1.29, 1.82) is 0 Å². The predicted octanol–water partition coefficient (Wildman–Crippen LogP) is 3.13. The number of methoxy groups -OCH3 is 1. The first-order valence-corrected chi connectivity index (χ1v) is 10.2. The fourth-order valence-electron chi connectivity index (χ4n) is 2.43. The third kappa shape index (κ3) is 5.58. The SMILES string of the molecule is COc1ccc(C(C)NC(=O)CN(c2ccc(F)c(Cl)c2)S(C)(=O)=O)cc1. The van der Waals surface area contributed by atoms with Crippen LogP contribution >= 0.6 is 11.6 Å². The summed E-state index contributed by atoms with van der Waals surface area (Å²) in [4.78, 5) is 12.4. The Balaban J connectivity index is 2.14. The van der Waals surface area contributed by atoms with Crippen molar-refractivity contribution in [1.82, 2.24) is 5.32 Å². The standard InChI is InChI=1S/C18H20ClFN2O4S/c1-12(13-4-7-15(26-2)8-5-13)21-18(23)11-22(27(3,24)25)14-6-9-17(20)16(19)10-14/h4-10,12H,11H2,1-3H3,(H,21,23). The van der Waals surface area contributed by atoms with Crippen LogP contribution in [0.15, 0.2) is 42.5 Å². The molecule has 0 aromatic heterocycles. The maximum absolute atomic E-state index is 13.3. The van der Waals surface area contributed by atoms with Gasteiger partial charge in [0.2, 0.25) is 15.9 Å². The number of hydrogen-bond acceptors (Lipinski definition) is 4. The van der Waals surface area contributed by atoms with Gasteiger partial charge in [-0.2, -0.15) is 0 Å². The number of amides is 1. The van der Waals surface area contributed by atoms with Crippen LogP contribution in [0.2, 0.25) is 5.02 Å². The zero-order valence-corrected chi connectivity index (χ0v) is 16.6. The Kier molecular flexibility index (Phi) is 6.67. The molecule has 0 saturated heterocycles. The molecule has 146 valence electrons. The molecule has 2 aromatic carbocycles. The van der Waals surface area contributed by atoms with Crippen molar-refractivity contribution < 1.29 is 22.3 Å². The molecule has 0 fully saturated rings. The Morgan fingerprint density at radius 3 is 2.41 bits per heavy atom. The predicted molar refractivity (Wildman–Crippen MR) is 103 cm³/mol. The van der Waals surface area contributed by atoms with Gasteiger partial charge in [-0.1, -0.05) is 23.7 Å². The van der Waals surface area contributed by atoms with Crippen molar-refractivity contribution in [2.45, 2.75) is 13.0 Å². The second-order valence-corrected chi connectivity index (χ2v) is 8.24. The van der Waals surface area contributed by atoms with Gasteiger partial charge >= 0.3 is 0 Å². The molecule has 0 aliphatic rings. The highest BCUT2D eigenvalue weighted by Crippen LogP contribution is 2.24. The number of anilines is 1. The van der Waals surface area contributed by atoms with E-state index < -0.39 is 28.3 Å². The molecule has 9 heteroatoms. The number of benzene rings is 2. The van der Waals surface area contributed by atoms with Crippen LogP contribution in [0.25, 0.3) is 0 Å². The Morgan fingerprint density at radius 2 is 1.89 bits per heavy atom. The molecule has 0 aliphatic heterocycles. The van der Waals surface area contributed by atoms with E-state index in [1.54, 1.807) is 38.3 Å². The summed E-state index contributed by atoms with van der Waals surface area (Å²) in [6.45, 7) is 1.32. The number of hydrogen-bond donors (Lipinski definition) is 1. The molecular formula is C18H20ClFN2O4S. The van der Waals surface area contributed by atoms with Gasteiger partial charge in [0.05, 0.1) is 30.1 Å². The summed E-state index contributed by atoms with van der Waals surface area (Å²) in [7, 11) is -2.22.